The third-order valence-corrected chi connectivity index (χ3v) is 3.58. The summed E-state index contributed by atoms with van der Waals surface area (Å²) in [6.45, 7) is 4.62. The number of rotatable bonds is 5. The molecule has 0 saturated heterocycles. The second kappa shape index (κ2) is 8.22. The van der Waals surface area contributed by atoms with Crippen molar-refractivity contribution in [3.05, 3.63) is 35.4 Å². The molecule has 0 radical (unpaired) electrons. The van der Waals surface area contributed by atoms with Gasteiger partial charge >= 0.3 is 0 Å². The van der Waals surface area contributed by atoms with Gasteiger partial charge in [-0.3, -0.25) is 0 Å². The van der Waals surface area contributed by atoms with Crippen molar-refractivity contribution in [1.82, 2.24) is 0 Å². The summed E-state index contributed by atoms with van der Waals surface area (Å²) in [7, 11) is 0. The van der Waals surface area contributed by atoms with Crippen molar-refractivity contribution in [3.63, 3.8) is 0 Å². The van der Waals surface area contributed by atoms with Crippen molar-refractivity contribution in [1.29, 1.82) is 0 Å². The van der Waals surface area contributed by atoms with Gasteiger partial charge in [0.1, 0.15) is 0 Å². The van der Waals surface area contributed by atoms with Crippen LogP contribution in [0.5, 0.6) is 0 Å². The molecule has 0 aliphatic carbocycles. The molecule has 2 heteroatoms. The largest absolute Gasteiger partial charge is 0.395 e. The van der Waals surface area contributed by atoms with E-state index in [-0.39, 0.29) is 6.61 Å². The molecule has 17 heavy (non-hydrogen) atoms. The molecule has 0 fully saturated rings. The van der Waals surface area contributed by atoms with Crippen molar-refractivity contribution in [3.8, 4) is 11.8 Å². The van der Waals surface area contributed by atoms with Gasteiger partial charge in [0.25, 0.3) is 0 Å². The quantitative estimate of drug-likeness (QED) is 0.807. The van der Waals surface area contributed by atoms with Crippen molar-refractivity contribution < 1.29 is 5.11 Å². The van der Waals surface area contributed by atoms with E-state index in [1.807, 2.05) is 11.8 Å². The monoisotopic (exact) mass is 248 g/mol. The first kappa shape index (κ1) is 14.2. The first-order valence-electron chi connectivity index (χ1n) is 5.99. The van der Waals surface area contributed by atoms with Gasteiger partial charge in [-0.05, 0) is 29.4 Å². The summed E-state index contributed by atoms with van der Waals surface area (Å²) in [5.41, 5.74) is 2.37. The number of hydrogen-bond donors (Lipinski definition) is 1. The van der Waals surface area contributed by atoms with Crippen LogP contribution in [-0.4, -0.2) is 17.5 Å². The topological polar surface area (TPSA) is 20.2 Å². The molecule has 1 N–H and O–H groups in total. The van der Waals surface area contributed by atoms with Gasteiger partial charge < -0.3 is 5.11 Å². The zero-order chi connectivity index (χ0) is 12.5. The summed E-state index contributed by atoms with van der Waals surface area (Å²) in [6, 6.07) is 8.37. The van der Waals surface area contributed by atoms with E-state index in [1.165, 1.54) is 11.3 Å². The molecule has 0 saturated carbocycles. The predicted molar refractivity (Wildman–Crippen MR) is 76.0 cm³/mol. The molecule has 0 aliphatic heterocycles. The fourth-order valence-electron chi connectivity index (χ4n) is 1.32. The van der Waals surface area contributed by atoms with E-state index in [0.717, 1.165) is 17.2 Å². The SMILES string of the molecule is CC(C)CSCc1ccc(C#CCCO)cc1. The fraction of sp³-hybridized carbons (Fsp3) is 0.467. The lowest BCUT2D eigenvalue weighted by Gasteiger charge is -2.04. The second-order valence-corrected chi connectivity index (χ2v) is 5.41. The first-order chi connectivity index (χ1) is 8.22. The number of aliphatic hydroxyl groups excluding tert-OH is 1. The molecule has 0 heterocycles. The average molecular weight is 248 g/mol. The van der Waals surface area contributed by atoms with Crippen molar-refractivity contribution in [2.45, 2.75) is 26.0 Å². The lowest BCUT2D eigenvalue weighted by molar-refractivity contribution is 0.305. The van der Waals surface area contributed by atoms with Crippen LogP contribution in [0.1, 0.15) is 31.4 Å². The molecule has 0 aliphatic rings. The van der Waals surface area contributed by atoms with Crippen LogP contribution in [-0.2, 0) is 5.75 Å². The molecule has 1 nitrogen and oxygen atoms in total. The molecule has 0 spiro atoms. The van der Waals surface area contributed by atoms with Gasteiger partial charge in [-0.1, -0.05) is 37.8 Å². The van der Waals surface area contributed by atoms with Crippen LogP contribution in [0.15, 0.2) is 24.3 Å². The van der Waals surface area contributed by atoms with E-state index in [0.29, 0.717) is 6.42 Å². The summed E-state index contributed by atoms with van der Waals surface area (Å²) in [5.74, 6) is 8.99. The Labute approximate surface area is 109 Å². The fourth-order valence-corrected chi connectivity index (χ4v) is 2.33. The van der Waals surface area contributed by atoms with E-state index in [1.54, 1.807) is 0 Å². The molecule has 0 bridgehead atoms. The maximum atomic E-state index is 8.62. The Morgan fingerprint density at radius 2 is 1.94 bits per heavy atom. The molecular weight excluding hydrogens is 228 g/mol. The Balaban J connectivity index is 2.43. The molecule has 0 aromatic heterocycles. The molecule has 1 aromatic rings. The van der Waals surface area contributed by atoms with Gasteiger partial charge in [0.2, 0.25) is 0 Å². The highest BCUT2D eigenvalue weighted by molar-refractivity contribution is 7.98. The number of aliphatic hydroxyl groups is 1. The normalized spacial score (nSPS) is 10.1. The van der Waals surface area contributed by atoms with Crippen LogP contribution in [0, 0.1) is 17.8 Å². The maximum absolute atomic E-state index is 8.62. The summed E-state index contributed by atoms with van der Waals surface area (Å²) in [4.78, 5) is 0. The van der Waals surface area contributed by atoms with Gasteiger partial charge in [-0.25, -0.2) is 0 Å². The van der Waals surface area contributed by atoms with Crippen LogP contribution in [0.2, 0.25) is 0 Å². The maximum Gasteiger partial charge on any atom is 0.0540 e. The first-order valence-corrected chi connectivity index (χ1v) is 7.14. The summed E-state index contributed by atoms with van der Waals surface area (Å²) < 4.78 is 0. The van der Waals surface area contributed by atoms with Gasteiger partial charge in [0.05, 0.1) is 6.61 Å². The van der Waals surface area contributed by atoms with Crippen LogP contribution in [0.4, 0.5) is 0 Å². The zero-order valence-electron chi connectivity index (χ0n) is 10.6. The minimum atomic E-state index is 0.136. The van der Waals surface area contributed by atoms with E-state index in [4.69, 9.17) is 5.11 Å². The van der Waals surface area contributed by atoms with E-state index in [9.17, 15) is 0 Å². The average Bonchev–Trinajstić information content (AvgIpc) is 2.31. The molecule has 0 atom stereocenters. The van der Waals surface area contributed by atoms with Crippen LogP contribution in [0.25, 0.3) is 0 Å². The summed E-state index contributed by atoms with van der Waals surface area (Å²) in [5, 5.41) is 8.62. The van der Waals surface area contributed by atoms with E-state index >= 15 is 0 Å². The van der Waals surface area contributed by atoms with Crippen molar-refractivity contribution in [2.75, 3.05) is 12.4 Å². The number of thioether (sulfide) groups is 1. The summed E-state index contributed by atoms with van der Waals surface area (Å²) in [6.07, 6.45) is 0.548. The highest BCUT2D eigenvalue weighted by Gasteiger charge is 1.96. The van der Waals surface area contributed by atoms with Gasteiger partial charge in [0.15, 0.2) is 0 Å². The Kier molecular flexibility index (Phi) is 6.84. The third kappa shape index (κ3) is 6.41. The highest BCUT2D eigenvalue weighted by atomic mass is 32.2. The summed E-state index contributed by atoms with van der Waals surface area (Å²) >= 11 is 1.97. The number of hydrogen-bond acceptors (Lipinski definition) is 2. The van der Waals surface area contributed by atoms with Crippen LogP contribution >= 0.6 is 11.8 Å². The molecule has 0 unspecified atom stereocenters. The Morgan fingerprint density at radius 3 is 2.53 bits per heavy atom. The second-order valence-electron chi connectivity index (χ2n) is 4.38. The Bertz CT molecular complexity index is 370. The van der Waals surface area contributed by atoms with Gasteiger partial charge in [-0.2, -0.15) is 11.8 Å². The minimum Gasteiger partial charge on any atom is -0.395 e. The smallest absolute Gasteiger partial charge is 0.0540 e. The standard InChI is InChI=1S/C15H20OS/c1-13(2)11-17-12-15-8-6-14(7-9-15)5-3-4-10-16/h6-9,13,16H,4,10-12H2,1-2H3. The lowest BCUT2D eigenvalue weighted by Crippen LogP contribution is -1.91. The predicted octanol–water partition coefficient (Wildman–Crippen LogP) is 3.31. The highest BCUT2D eigenvalue weighted by Crippen LogP contribution is 2.15. The molecule has 1 aromatic carbocycles. The molecular formula is C15H20OS. The van der Waals surface area contributed by atoms with Crippen LogP contribution < -0.4 is 0 Å². The Morgan fingerprint density at radius 1 is 1.24 bits per heavy atom. The third-order valence-electron chi connectivity index (χ3n) is 2.14. The van der Waals surface area contributed by atoms with Crippen molar-refractivity contribution in [2.24, 2.45) is 5.92 Å². The van der Waals surface area contributed by atoms with Crippen LogP contribution in [0.3, 0.4) is 0 Å². The molecule has 92 valence electrons. The Hall–Kier alpha value is -0.910. The van der Waals surface area contributed by atoms with Gasteiger partial charge in [0, 0.05) is 17.7 Å². The van der Waals surface area contributed by atoms with Gasteiger partial charge in [-0.15, -0.1) is 0 Å². The molecule has 0 amide bonds. The van der Waals surface area contributed by atoms with Crippen molar-refractivity contribution >= 4 is 11.8 Å². The van der Waals surface area contributed by atoms with E-state index < -0.39 is 0 Å². The lowest BCUT2D eigenvalue weighted by atomic mass is 10.1. The van der Waals surface area contributed by atoms with E-state index in [2.05, 4.69) is 50.0 Å². The molecule has 1 rings (SSSR count). The number of benzene rings is 1. The minimum absolute atomic E-state index is 0.136. The zero-order valence-corrected chi connectivity index (χ0v) is 11.4.